The molecule has 2 aromatic carbocycles. The van der Waals surface area contributed by atoms with Crippen LogP contribution in [0.4, 0.5) is 0 Å². The van der Waals surface area contributed by atoms with Gasteiger partial charge in [0.15, 0.2) is 0 Å². The Labute approximate surface area is 107 Å². The average molecular weight is 230 g/mol. The molecule has 0 saturated carbocycles. The van der Waals surface area contributed by atoms with Crippen LogP contribution in [0.1, 0.15) is 0 Å². The van der Waals surface area contributed by atoms with Crippen molar-refractivity contribution in [1.82, 2.24) is 4.98 Å². The third-order valence-corrected chi connectivity index (χ3v) is 2.82. The lowest BCUT2D eigenvalue weighted by Crippen LogP contribution is -1.87. The summed E-state index contributed by atoms with van der Waals surface area (Å²) >= 11 is 0. The van der Waals surface area contributed by atoms with E-state index in [9.17, 15) is 0 Å². The van der Waals surface area contributed by atoms with Crippen LogP contribution in [0, 0.1) is 6.07 Å². The molecule has 0 unspecified atom stereocenters. The van der Waals surface area contributed by atoms with E-state index in [-0.39, 0.29) is 0 Å². The molecule has 0 fully saturated rings. The summed E-state index contributed by atoms with van der Waals surface area (Å²) in [6.45, 7) is 0. The fourth-order valence-corrected chi connectivity index (χ4v) is 1.92. The van der Waals surface area contributed by atoms with Crippen LogP contribution in [0.3, 0.4) is 0 Å². The Kier molecular flexibility index (Phi) is 2.89. The molecule has 0 bridgehead atoms. The Morgan fingerprint density at radius 3 is 2.11 bits per heavy atom. The number of rotatable bonds is 2. The van der Waals surface area contributed by atoms with E-state index < -0.39 is 0 Å². The molecule has 3 rings (SSSR count). The largest absolute Gasteiger partial charge is 0.248 e. The second-order valence-corrected chi connectivity index (χ2v) is 4.07. The van der Waals surface area contributed by atoms with Crippen LogP contribution in [0.2, 0.25) is 0 Å². The summed E-state index contributed by atoms with van der Waals surface area (Å²) < 4.78 is 0. The van der Waals surface area contributed by atoms with Gasteiger partial charge >= 0.3 is 0 Å². The van der Waals surface area contributed by atoms with Crippen molar-refractivity contribution in [2.24, 2.45) is 0 Å². The van der Waals surface area contributed by atoms with Gasteiger partial charge < -0.3 is 0 Å². The third kappa shape index (κ3) is 2.16. The molecule has 1 nitrogen and oxygen atoms in total. The van der Waals surface area contributed by atoms with Crippen molar-refractivity contribution in [3.8, 4) is 22.5 Å². The molecule has 85 valence electrons. The SMILES string of the molecule is [c]1cccc(-c2cccc(-c3ccccc3)n2)c1. The van der Waals surface area contributed by atoms with Gasteiger partial charge in [-0.05, 0) is 24.3 Å². The molecular formula is C17H12N. The van der Waals surface area contributed by atoms with E-state index in [2.05, 4.69) is 18.2 Å². The van der Waals surface area contributed by atoms with Crippen molar-refractivity contribution in [1.29, 1.82) is 0 Å². The van der Waals surface area contributed by atoms with E-state index in [0.29, 0.717) is 0 Å². The normalized spacial score (nSPS) is 10.2. The van der Waals surface area contributed by atoms with Crippen LogP contribution in [0.25, 0.3) is 22.5 Å². The molecule has 0 saturated heterocycles. The maximum Gasteiger partial charge on any atom is 0.0709 e. The van der Waals surface area contributed by atoms with Gasteiger partial charge in [-0.1, -0.05) is 54.6 Å². The minimum absolute atomic E-state index is 0.980. The highest BCUT2D eigenvalue weighted by molar-refractivity contribution is 5.65. The lowest BCUT2D eigenvalue weighted by Gasteiger charge is -2.04. The average Bonchev–Trinajstić information content (AvgIpc) is 2.49. The Bertz CT molecular complexity index is 575. The minimum atomic E-state index is 0.980. The molecule has 18 heavy (non-hydrogen) atoms. The van der Waals surface area contributed by atoms with Gasteiger partial charge in [-0.3, -0.25) is 0 Å². The first kappa shape index (κ1) is 10.7. The molecule has 1 heterocycles. The van der Waals surface area contributed by atoms with Gasteiger partial charge in [-0.25, -0.2) is 4.98 Å². The number of hydrogen-bond donors (Lipinski definition) is 0. The summed E-state index contributed by atoms with van der Waals surface area (Å²) in [6, 6.07) is 27.3. The highest BCUT2D eigenvalue weighted by atomic mass is 14.7. The predicted molar refractivity (Wildman–Crippen MR) is 73.9 cm³/mol. The second-order valence-electron chi connectivity index (χ2n) is 4.07. The number of benzene rings is 2. The molecule has 0 N–H and O–H groups in total. The first-order valence-corrected chi connectivity index (χ1v) is 5.92. The van der Waals surface area contributed by atoms with E-state index in [1.54, 1.807) is 0 Å². The smallest absolute Gasteiger partial charge is 0.0709 e. The molecular weight excluding hydrogens is 218 g/mol. The van der Waals surface area contributed by atoms with Crippen LogP contribution in [-0.2, 0) is 0 Å². The van der Waals surface area contributed by atoms with Crippen LogP contribution >= 0.6 is 0 Å². The molecule has 0 aliphatic rings. The van der Waals surface area contributed by atoms with Crippen LogP contribution in [0.5, 0.6) is 0 Å². The lowest BCUT2D eigenvalue weighted by molar-refractivity contribution is 1.32. The van der Waals surface area contributed by atoms with Gasteiger partial charge in [0.2, 0.25) is 0 Å². The van der Waals surface area contributed by atoms with Crippen LogP contribution < -0.4 is 0 Å². The quantitative estimate of drug-likeness (QED) is 0.642. The van der Waals surface area contributed by atoms with Gasteiger partial charge in [-0.15, -0.1) is 0 Å². The first-order valence-electron chi connectivity index (χ1n) is 5.92. The van der Waals surface area contributed by atoms with E-state index in [0.717, 1.165) is 22.5 Å². The zero-order valence-corrected chi connectivity index (χ0v) is 9.88. The second kappa shape index (κ2) is 4.84. The van der Waals surface area contributed by atoms with E-state index in [4.69, 9.17) is 4.98 Å². The minimum Gasteiger partial charge on any atom is -0.248 e. The van der Waals surface area contributed by atoms with Crippen molar-refractivity contribution in [3.05, 3.63) is 78.9 Å². The molecule has 0 spiro atoms. The van der Waals surface area contributed by atoms with Crippen LogP contribution in [-0.4, -0.2) is 4.98 Å². The standard InChI is InChI=1S/C17H12N/c1-3-8-14(9-4-1)16-12-7-13-17(18-16)15-10-5-2-6-11-15/h1-5,7-13H. The van der Waals surface area contributed by atoms with Gasteiger partial charge in [0.1, 0.15) is 0 Å². The zero-order valence-electron chi connectivity index (χ0n) is 9.88. The highest BCUT2D eigenvalue weighted by Gasteiger charge is 2.01. The monoisotopic (exact) mass is 230 g/mol. The Hall–Kier alpha value is -2.41. The van der Waals surface area contributed by atoms with Crippen molar-refractivity contribution in [2.45, 2.75) is 0 Å². The summed E-state index contributed by atoms with van der Waals surface area (Å²) in [5.41, 5.74) is 4.21. The summed E-state index contributed by atoms with van der Waals surface area (Å²) in [5, 5.41) is 0. The molecule has 1 heteroatoms. The van der Waals surface area contributed by atoms with Crippen molar-refractivity contribution in [2.75, 3.05) is 0 Å². The number of nitrogens with zero attached hydrogens (tertiary/aromatic N) is 1. The molecule has 0 amide bonds. The number of hydrogen-bond acceptors (Lipinski definition) is 1. The molecule has 0 atom stereocenters. The highest BCUT2D eigenvalue weighted by Crippen LogP contribution is 2.21. The van der Waals surface area contributed by atoms with Crippen molar-refractivity contribution in [3.63, 3.8) is 0 Å². The topological polar surface area (TPSA) is 12.9 Å². The van der Waals surface area contributed by atoms with Crippen molar-refractivity contribution < 1.29 is 0 Å². The molecule has 1 radical (unpaired) electrons. The van der Waals surface area contributed by atoms with Gasteiger partial charge in [-0.2, -0.15) is 0 Å². The van der Waals surface area contributed by atoms with E-state index >= 15 is 0 Å². The van der Waals surface area contributed by atoms with Crippen LogP contribution in [0.15, 0.2) is 72.8 Å². The summed E-state index contributed by atoms with van der Waals surface area (Å²) in [4.78, 5) is 4.69. The Morgan fingerprint density at radius 2 is 1.39 bits per heavy atom. The maximum absolute atomic E-state index is 4.69. The number of pyridine rings is 1. The summed E-state index contributed by atoms with van der Waals surface area (Å²) in [5.74, 6) is 0. The van der Waals surface area contributed by atoms with E-state index in [1.165, 1.54) is 0 Å². The lowest BCUT2D eigenvalue weighted by atomic mass is 10.1. The molecule has 0 aliphatic heterocycles. The molecule has 0 aliphatic carbocycles. The molecule has 1 aromatic heterocycles. The maximum atomic E-state index is 4.69. The summed E-state index contributed by atoms with van der Waals surface area (Å²) in [6.07, 6.45) is 0. The Balaban J connectivity index is 2.05. The summed E-state index contributed by atoms with van der Waals surface area (Å²) in [7, 11) is 0. The molecule has 3 aromatic rings. The van der Waals surface area contributed by atoms with Gasteiger partial charge in [0.05, 0.1) is 11.4 Å². The third-order valence-electron chi connectivity index (χ3n) is 2.82. The zero-order chi connectivity index (χ0) is 12.2. The van der Waals surface area contributed by atoms with E-state index in [1.807, 2.05) is 60.7 Å². The van der Waals surface area contributed by atoms with Gasteiger partial charge in [0.25, 0.3) is 0 Å². The predicted octanol–water partition coefficient (Wildman–Crippen LogP) is 4.22. The number of aromatic nitrogens is 1. The first-order chi connectivity index (χ1) is 8.93. The Morgan fingerprint density at radius 1 is 0.667 bits per heavy atom. The fourth-order valence-electron chi connectivity index (χ4n) is 1.92. The fraction of sp³-hybridized carbons (Fsp3) is 0. The van der Waals surface area contributed by atoms with Crippen molar-refractivity contribution >= 4 is 0 Å². The van der Waals surface area contributed by atoms with Gasteiger partial charge in [0, 0.05) is 11.1 Å².